The number of guanidine groups is 1. The van der Waals surface area contributed by atoms with Crippen LogP contribution in [0.4, 0.5) is 8.78 Å². The Bertz CT molecular complexity index is 751. The molecule has 28 heavy (non-hydrogen) atoms. The highest BCUT2D eigenvalue weighted by molar-refractivity contribution is 14.0. The molecule has 1 unspecified atom stereocenters. The minimum absolute atomic E-state index is 0. The average Bonchev–Trinajstić information content (AvgIpc) is 2.67. The first kappa shape index (κ1) is 24.6. The number of aliphatic hydroxyl groups is 1. The van der Waals surface area contributed by atoms with E-state index in [1.807, 2.05) is 30.3 Å². The van der Waals surface area contributed by atoms with E-state index in [2.05, 4.69) is 36.3 Å². The monoisotopic (exact) mass is 569 g/mol. The van der Waals surface area contributed by atoms with Gasteiger partial charge in [-0.2, -0.15) is 8.78 Å². The summed E-state index contributed by atoms with van der Waals surface area (Å²) >= 11 is 3.33. The van der Waals surface area contributed by atoms with Crippen molar-refractivity contribution >= 4 is 45.9 Å². The lowest BCUT2D eigenvalue weighted by Crippen LogP contribution is -2.39. The number of nitrogens with zero attached hydrogens (tertiary/aromatic N) is 1. The number of hydrogen-bond acceptors (Lipinski definition) is 3. The van der Waals surface area contributed by atoms with Gasteiger partial charge in [-0.25, -0.2) is 0 Å². The summed E-state index contributed by atoms with van der Waals surface area (Å²) in [6, 6.07) is 14.5. The van der Waals surface area contributed by atoms with Gasteiger partial charge >= 0.3 is 6.61 Å². The fourth-order valence-corrected chi connectivity index (χ4v) is 2.94. The Kier molecular flexibility index (Phi) is 11.3. The van der Waals surface area contributed by atoms with Gasteiger partial charge in [-0.1, -0.05) is 46.3 Å². The number of aliphatic hydroxyl groups excluding tert-OH is 1. The molecule has 0 amide bonds. The van der Waals surface area contributed by atoms with E-state index in [1.165, 1.54) is 6.07 Å². The molecular formula is C19H23BrF2IN3O2. The summed E-state index contributed by atoms with van der Waals surface area (Å²) in [5.74, 6) is 0.509. The van der Waals surface area contributed by atoms with Crippen LogP contribution >= 0.6 is 39.9 Å². The van der Waals surface area contributed by atoms with Crippen molar-refractivity contribution in [3.63, 3.8) is 0 Å². The standard InChI is InChI=1S/C19H22BrF2N3O2.HI/c1-23-19(25-11-15(12-26)13-5-3-2-4-6-13)24-10-14-9-16(20)7-8-17(14)27-18(21)22;/h2-9,15,18,26H,10-12H2,1H3,(H2,23,24,25);1H. The molecule has 0 saturated carbocycles. The smallest absolute Gasteiger partial charge is 0.387 e. The topological polar surface area (TPSA) is 65.9 Å². The highest BCUT2D eigenvalue weighted by atomic mass is 127. The van der Waals surface area contributed by atoms with Gasteiger partial charge in [-0.3, -0.25) is 4.99 Å². The molecule has 2 rings (SSSR count). The zero-order valence-electron chi connectivity index (χ0n) is 15.2. The second-order valence-corrected chi connectivity index (χ2v) is 6.64. The Labute approximate surface area is 188 Å². The van der Waals surface area contributed by atoms with Crippen molar-refractivity contribution in [3.05, 3.63) is 64.1 Å². The van der Waals surface area contributed by atoms with E-state index in [9.17, 15) is 13.9 Å². The molecule has 1 atom stereocenters. The molecule has 0 saturated heterocycles. The summed E-state index contributed by atoms with van der Waals surface area (Å²) in [6.07, 6.45) is 0. The number of alkyl halides is 2. The van der Waals surface area contributed by atoms with Gasteiger partial charge in [0.25, 0.3) is 0 Å². The lowest BCUT2D eigenvalue weighted by atomic mass is 10.0. The lowest BCUT2D eigenvalue weighted by Gasteiger charge is -2.19. The van der Waals surface area contributed by atoms with Crippen LogP contribution < -0.4 is 15.4 Å². The minimum atomic E-state index is -2.89. The van der Waals surface area contributed by atoms with E-state index < -0.39 is 6.61 Å². The van der Waals surface area contributed by atoms with Crippen molar-refractivity contribution in [2.75, 3.05) is 20.2 Å². The van der Waals surface area contributed by atoms with E-state index in [0.717, 1.165) is 10.0 Å². The molecule has 3 N–H and O–H groups in total. The van der Waals surface area contributed by atoms with E-state index in [0.29, 0.717) is 18.1 Å². The molecule has 0 radical (unpaired) electrons. The number of aliphatic imine (C=N–C) groups is 1. The number of hydrogen-bond donors (Lipinski definition) is 3. The van der Waals surface area contributed by atoms with Gasteiger partial charge in [0.2, 0.25) is 0 Å². The molecule has 0 aromatic heterocycles. The Balaban J connectivity index is 0.00000392. The van der Waals surface area contributed by atoms with Crippen molar-refractivity contribution in [3.8, 4) is 5.75 Å². The Morgan fingerprint density at radius 3 is 2.50 bits per heavy atom. The maximum Gasteiger partial charge on any atom is 0.387 e. The predicted molar refractivity (Wildman–Crippen MR) is 121 cm³/mol. The molecule has 0 bridgehead atoms. The first-order chi connectivity index (χ1) is 13.0. The van der Waals surface area contributed by atoms with Gasteiger partial charge in [0.05, 0.1) is 6.61 Å². The van der Waals surface area contributed by atoms with E-state index in [4.69, 9.17) is 0 Å². The second-order valence-electron chi connectivity index (χ2n) is 5.73. The highest BCUT2D eigenvalue weighted by Crippen LogP contribution is 2.24. The summed E-state index contributed by atoms with van der Waals surface area (Å²) in [7, 11) is 1.61. The van der Waals surface area contributed by atoms with E-state index in [1.54, 1.807) is 19.2 Å². The minimum Gasteiger partial charge on any atom is -0.434 e. The maximum atomic E-state index is 12.6. The molecule has 154 valence electrons. The van der Waals surface area contributed by atoms with Crippen LogP contribution in [0.2, 0.25) is 0 Å². The SMILES string of the molecule is CN=C(NCc1cc(Br)ccc1OC(F)F)NCC(CO)c1ccccc1.I. The van der Waals surface area contributed by atoms with Crippen molar-refractivity contribution in [2.24, 2.45) is 4.99 Å². The van der Waals surface area contributed by atoms with Crippen molar-refractivity contribution in [1.29, 1.82) is 0 Å². The molecule has 2 aromatic carbocycles. The lowest BCUT2D eigenvalue weighted by molar-refractivity contribution is -0.0504. The number of halogens is 4. The third-order valence-electron chi connectivity index (χ3n) is 3.92. The summed E-state index contributed by atoms with van der Waals surface area (Å²) in [5.41, 5.74) is 1.58. The predicted octanol–water partition coefficient (Wildman–Crippen LogP) is 4.11. The quantitative estimate of drug-likeness (QED) is 0.254. The molecule has 5 nitrogen and oxygen atoms in total. The van der Waals surface area contributed by atoms with Gasteiger partial charge in [-0.05, 0) is 23.8 Å². The van der Waals surface area contributed by atoms with Crippen molar-refractivity contribution < 1.29 is 18.6 Å². The van der Waals surface area contributed by atoms with Crippen LogP contribution in [-0.2, 0) is 6.54 Å². The molecule has 0 aliphatic rings. The first-order valence-corrected chi connectivity index (χ1v) is 9.16. The maximum absolute atomic E-state index is 12.6. The molecule has 0 aliphatic heterocycles. The molecule has 0 spiro atoms. The summed E-state index contributed by atoms with van der Waals surface area (Å²) in [5, 5.41) is 15.8. The fourth-order valence-electron chi connectivity index (χ4n) is 2.53. The zero-order valence-corrected chi connectivity index (χ0v) is 19.2. The van der Waals surface area contributed by atoms with E-state index in [-0.39, 0.29) is 48.8 Å². The molecule has 0 aliphatic carbocycles. The van der Waals surface area contributed by atoms with Crippen LogP contribution in [0.25, 0.3) is 0 Å². The first-order valence-electron chi connectivity index (χ1n) is 8.37. The molecular weight excluding hydrogens is 547 g/mol. The van der Waals surface area contributed by atoms with Crippen LogP contribution in [0, 0.1) is 0 Å². The Morgan fingerprint density at radius 1 is 1.18 bits per heavy atom. The number of rotatable bonds is 8. The van der Waals surface area contributed by atoms with Crippen LogP contribution in [0.5, 0.6) is 5.75 Å². The average molecular weight is 570 g/mol. The third-order valence-corrected chi connectivity index (χ3v) is 4.41. The number of ether oxygens (including phenoxy) is 1. The normalized spacial score (nSPS) is 12.3. The van der Waals surface area contributed by atoms with Crippen molar-refractivity contribution in [1.82, 2.24) is 10.6 Å². The molecule has 0 fully saturated rings. The Hall–Kier alpha value is -1.46. The van der Waals surface area contributed by atoms with Gasteiger partial charge in [0, 0.05) is 36.1 Å². The number of benzene rings is 2. The van der Waals surface area contributed by atoms with Crippen LogP contribution in [0.3, 0.4) is 0 Å². The highest BCUT2D eigenvalue weighted by Gasteiger charge is 2.13. The van der Waals surface area contributed by atoms with Gasteiger partial charge in [-0.15, -0.1) is 24.0 Å². The van der Waals surface area contributed by atoms with Gasteiger partial charge in [0.1, 0.15) is 5.75 Å². The van der Waals surface area contributed by atoms with Crippen LogP contribution in [0.1, 0.15) is 17.0 Å². The molecule has 2 aromatic rings. The largest absolute Gasteiger partial charge is 0.434 e. The summed E-state index contributed by atoms with van der Waals surface area (Å²) in [4.78, 5) is 4.13. The van der Waals surface area contributed by atoms with Gasteiger partial charge in [0.15, 0.2) is 5.96 Å². The zero-order chi connectivity index (χ0) is 19.6. The molecule has 0 heterocycles. The summed E-state index contributed by atoms with van der Waals surface area (Å²) in [6.45, 7) is -2.18. The van der Waals surface area contributed by atoms with Crippen LogP contribution in [0.15, 0.2) is 58.0 Å². The summed E-state index contributed by atoms with van der Waals surface area (Å²) < 4.78 is 30.4. The second kappa shape index (κ2) is 12.9. The fraction of sp³-hybridized carbons (Fsp3) is 0.316. The van der Waals surface area contributed by atoms with Crippen LogP contribution in [-0.4, -0.2) is 37.9 Å². The van der Waals surface area contributed by atoms with Gasteiger partial charge < -0.3 is 20.5 Å². The number of nitrogens with one attached hydrogen (secondary N) is 2. The van der Waals surface area contributed by atoms with Crippen molar-refractivity contribution in [2.45, 2.75) is 19.1 Å². The van der Waals surface area contributed by atoms with E-state index >= 15 is 0 Å². The molecule has 9 heteroatoms. The third kappa shape index (κ3) is 7.88. The Morgan fingerprint density at radius 2 is 1.89 bits per heavy atom.